The number of benzene rings is 2. The molecule has 3 rings (SSSR count). The Morgan fingerprint density at radius 1 is 1.12 bits per heavy atom. The van der Waals surface area contributed by atoms with E-state index in [-0.39, 0.29) is 10.6 Å². The number of thioether (sulfide) groups is 1. The fourth-order valence-electron chi connectivity index (χ4n) is 2.53. The van der Waals surface area contributed by atoms with Gasteiger partial charge >= 0.3 is 0 Å². The normalized spacial score (nSPS) is 11.5. The molecule has 2 aromatic carbocycles. The van der Waals surface area contributed by atoms with Crippen molar-refractivity contribution in [1.82, 2.24) is 10.2 Å². The zero-order valence-electron chi connectivity index (χ0n) is 17.2. The van der Waals surface area contributed by atoms with Crippen LogP contribution >= 0.6 is 46.3 Å². The highest BCUT2D eigenvalue weighted by molar-refractivity contribution is 8.01. The van der Waals surface area contributed by atoms with Crippen LogP contribution in [-0.2, 0) is 14.8 Å². The summed E-state index contributed by atoms with van der Waals surface area (Å²) in [7, 11) is -4.07. The molecule has 0 fully saturated rings. The fraction of sp³-hybridized carbons (Fsp3) is 0.250. The highest BCUT2D eigenvalue weighted by Crippen LogP contribution is 2.29. The summed E-state index contributed by atoms with van der Waals surface area (Å²) in [6.45, 7) is 3.73. The molecule has 0 bridgehead atoms. The van der Waals surface area contributed by atoms with Gasteiger partial charge in [-0.25, -0.2) is 8.42 Å². The molecule has 0 atom stereocenters. The molecule has 170 valence electrons. The van der Waals surface area contributed by atoms with Crippen molar-refractivity contribution in [2.45, 2.75) is 23.1 Å². The van der Waals surface area contributed by atoms with Gasteiger partial charge in [0.25, 0.3) is 10.0 Å². The van der Waals surface area contributed by atoms with Crippen LogP contribution in [0.4, 0.5) is 10.8 Å². The number of carbonyl (C=O) groups is 1. The molecular weight excluding hydrogens is 511 g/mol. The van der Waals surface area contributed by atoms with Crippen LogP contribution in [0.5, 0.6) is 0 Å². The van der Waals surface area contributed by atoms with Crippen LogP contribution in [-0.4, -0.2) is 36.8 Å². The number of hydrogen-bond donors (Lipinski definition) is 1. The lowest BCUT2D eigenvalue weighted by Gasteiger charge is -2.24. The van der Waals surface area contributed by atoms with E-state index in [4.69, 9.17) is 23.2 Å². The molecule has 12 heteroatoms. The van der Waals surface area contributed by atoms with E-state index in [0.717, 1.165) is 14.4 Å². The molecule has 1 N–H and O–H groups in total. The highest BCUT2D eigenvalue weighted by atomic mass is 35.5. The van der Waals surface area contributed by atoms with Gasteiger partial charge in [0, 0.05) is 15.8 Å². The molecule has 3 aromatic rings. The topological polar surface area (TPSA) is 92.3 Å². The van der Waals surface area contributed by atoms with Crippen molar-refractivity contribution in [2.24, 2.45) is 5.92 Å². The summed E-state index contributed by atoms with van der Waals surface area (Å²) >= 11 is 14.8. The second-order valence-corrected chi connectivity index (χ2v) is 12.1. The number of sulfonamides is 1. The zero-order valence-corrected chi connectivity index (χ0v) is 21.1. The van der Waals surface area contributed by atoms with Gasteiger partial charge in [-0.15, -0.1) is 10.2 Å². The smallest absolute Gasteiger partial charge is 0.264 e. The Morgan fingerprint density at radius 3 is 2.50 bits per heavy atom. The van der Waals surface area contributed by atoms with Crippen LogP contribution < -0.4 is 9.62 Å². The summed E-state index contributed by atoms with van der Waals surface area (Å²) < 4.78 is 28.4. The molecule has 0 radical (unpaired) electrons. The Hall–Kier alpha value is -1.85. The van der Waals surface area contributed by atoms with Crippen LogP contribution in [0.1, 0.15) is 13.8 Å². The Balaban J connectivity index is 1.83. The van der Waals surface area contributed by atoms with E-state index < -0.39 is 22.5 Å². The lowest BCUT2D eigenvalue weighted by molar-refractivity contribution is -0.114. The quantitative estimate of drug-likeness (QED) is 0.293. The number of carbonyl (C=O) groups excluding carboxylic acids is 1. The van der Waals surface area contributed by atoms with Crippen molar-refractivity contribution in [3.05, 3.63) is 58.6 Å². The van der Waals surface area contributed by atoms with Crippen molar-refractivity contribution in [2.75, 3.05) is 21.9 Å². The maximum absolute atomic E-state index is 13.3. The van der Waals surface area contributed by atoms with Gasteiger partial charge in [-0.3, -0.25) is 14.4 Å². The Bertz CT molecular complexity index is 1180. The molecule has 32 heavy (non-hydrogen) atoms. The Morgan fingerprint density at radius 2 is 1.84 bits per heavy atom. The van der Waals surface area contributed by atoms with Gasteiger partial charge in [0.15, 0.2) is 4.34 Å². The monoisotopic (exact) mass is 530 g/mol. The maximum Gasteiger partial charge on any atom is 0.264 e. The van der Waals surface area contributed by atoms with Crippen LogP contribution in [0.3, 0.4) is 0 Å². The van der Waals surface area contributed by atoms with Crippen LogP contribution in [0.2, 0.25) is 10.0 Å². The lowest BCUT2D eigenvalue weighted by Crippen LogP contribution is -2.38. The molecule has 1 aromatic heterocycles. The lowest BCUT2D eigenvalue weighted by atomic mass is 10.3. The van der Waals surface area contributed by atoms with Crippen molar-refractivity contribution in [1.29, 1.82) is 0 Å². The average Bonchev–Trinajstić information content (AvgIpc) is 3.18. The highest BCUT2D eigenvalue weighted by Gasteiger charge is 2.28. The first-order chi connectivity index (χ1) is 15.1. The minimum Gasteiger partial charge on any atom is -0.299 e. The number of amides is 1. The predicted octanol–water partition coefficient (Wildman–Crippen LogP) is 5.43. The summed E-state index contributed by atoms with van der Waals surface area (Å²) in [6.07, 6.45) is 0. The largest absolute Gasteiger partial charge is 0.299 e. The van der Waals surface area contributed by atoms with E-state index in [9.17, 15) is 13.2 Å². The summed E-state index contributed by atoms with van der Waals surface area (Å²) in [5.41, 5.74) is 0.257. The number of halogens is 2. The van der Waals surface area contributed by atoms with Crippen molar-refractivity contribution in [3.63, 3.8) is 0 Å². The first-order valence-electron chi connectivity index (χ1n) is 9.45. The van der Waals surface area contributed by atoms with Gasteiger partial charge in [0.2, 0.25) is 11.0 Å². The van der Waals surface area contributed by atoms with Crippen LogP contribution in [0, 0.1) is 5.92 Å². The average molecular weight is 532 g/mol. The van der Waals surface area contributed by atoms with Gasteiger partial charge in [-0.1, -0.05) is 66.2 Å². The van der Waals surface area contributed by atoms with E-state index >= 15 is 0 Å². The number of nitrogens with zero attached hydrogens (tertiary/aromatic N) is 3. The van der Waals surface area contributed by atoms with Crippen LogP contribution in [0.15, 0.2) is 57.8 Å². The molecule has 0 saturated carbocycles. The minimum absolute atomic E-state index is 0.00189. The third-order valence-corrected chi connectivity index (χ3v) is 8.65. The number of anilines is 2. The van der Waals surface area contributed by atoms with Gasteiger partial charge in [0.1, 0.15) is 6.54 Å². The Kier molecular flexibility index (Phi) is 8.40. The fourth-order valence-corrected chi connectivity index (χ4v) is 5.99. The summed E-state index contributed by atoms with van der Waals surface area (Å²) in [4.78, 5) is 12.7. The number of aromatic nitrogens is 2. The summed E-state index contributed by atoms with van der Waals surface area (Å²) in [5, 5.41) is 11.7. The molecule has 0 saturated heterocycles. The molecule has 0 aliphatic carbocycles. The molecule has 0 unspecified atom stereocenters. The van der Waals surface area contributed by atoms with Crippen molar-refractivity contribution in [3.8, 4) is 0 Å². The van der Waals surface area contributed by atoms with Gasteiger partial charge in [-0.2, -0.15) is 0 Å². The molecule has 0 aliphatic rings. The van der Waals surface area contributed by atoms with Crippen molar-refractivity contribution >= 4 is 73.0 Å². The summed E-state index contributed by atoms with van der Waals surface area (Å²) in [6, 6.07) is 12.0. The van der Waals surface area contributed by atoms with E-state index in [0.29, 0.717) is 21.1 Å². The zero-order chi connectivity index (χ0) is 23.3. The van der Waals surface area contributed by atoms with Gasteiger partial charge in [0.05, 0.1) is 10.6 Å². The molecule has 0 spiro atoms. The number of rotatable bonds is 9. The minimum atomic E-state index is -4.07. The molecular formula is C20H20Cl2N4O3S3. The molecule has 1 heterocycles. The van der Waals surface area contributed by atoms with Crippen LogP contribution in [0.25, 0.3) is 0 Å². The van der Waals surface area contributed by atoms with E-state index in [1.165, 1.54) is 41.7 Å². The third kappa shape index (κ3) is 6.58. The predicted molar refractivity (Wildman–Crippen MR) is 132 cm³/mol. The van der Waals surface area contributed by atoms with E-state index in [1.54, 1.807) is 30.0 Å². The van der Waals surface area contributed by atoms with Gasteiger partial charge in [-0.05, 0) is 48.4 Å². The molecule has 7 nitrogen and oxygen atoms in total. The number of hydrogen-bond acceptors (Lipinski definition) is 7. The number of nitrogens with one attached hydrogen (secondary N) is 1. The standard InChI is InChI=1S/C20H20Cl2N4O3S3/c1-13(2)12-30-20-25-24-19(31-20)23-18(27)11-26(16-5-3-4-15(22)10-16)32(28,29)17-8-6-14(21)7-9-17/h3-10,13H,11-12H2,1-2H3,(H,23,24,27). The SMILES string of the molecule is CC(C)CSc1nnc(NC(=O)CN(c2cccc(Cl)c2)S(=O)(=O)c2ccc(Cl)cc2)s1. The second-order valence-electron chi connectivity index (χ2n) is 7.07. The summed E-state index contributed by atoms with van der Waals surface area (Å²) in [5.74, 6) is 0.815. The third-order valence-electron chi connectivity index (χ3n) is 3.98. The molecule has 0 aliphatic heterocycles. The van der Waals surface area contributed by atoms with E-state index in [1.807, 2.05) is 0 Å². The van der Waals surface area contributed by atoms with E-state index in [2.05, 4.69) is 29.4 Å². The first-order valence-corrected chi connectivity index (χ1v) is 13.4. The second kappa shape index (κ2) is 10.8. The maximum atomic E-state index is 13.3. The van der Waals surface area contributed by atoms with Crippen molar-refractivity contribution < 1.29 is 13.2 Å². The first kappa shape index (κ1) is 24.8. The van der Waals surface area contributed by atoms with Gasteiger partial charge < -0.3 is 0 Å². The molecule has 1 amide bonds. The Labute approximate surface area is 205 Å².